The second-order valence-electron chi connectivity index (χ2n) is 7.24. The number of nitrogens with one attached hydrogen (secondary N) is 2. The van der Waals surface area contributed by atoms with Gasteiger partial charge < -0.3 is 14.6 Å². The third-order valence-electron chi connectivity index (χ3n) is 4.78. The van der Waals surface area contributed by atoms with E-state index >= 15 is 0 Å². The maximum absolute atomic E-state index is 12.7. The highest BCUT2D eigenvalue weighted by Crippen LogP contribution is 2.34. The molecule has 10 heteroatoms. The summed E-state index contributed by atoms with van der Waals surface area (Å²) in [6, 6.07) is 11.3. The van der Waals surface area contributed by atoms with Crippen molar-refractivity contribution in [3.63, 3.8) is 0 Å². The van der Waals surface area contributed by atoms with E-state index in [4.69, 9.17) is 14.7 Å². The Morgan fingerprint density at radius 3 is 2.47 bits per heavy atom. The maximum Gasteiger partial charge on any atom is 0.412 e. The molecule has 0 spiro atoms. The third kappa shape index (κ3) is 8.43. The highest BCUT2D eigenvalue weighted by Gasteiger charge is 2.30. The number of phenols is 1. The van der Waals surface area contributed by atoms with Crippen molar-refractivity contribution in [3.8, 4) is 5.75 Å². The predicted octanol–water partition coefficient (Wildman–Crippen LogP) is 4.74. The van der Waals surface area contributed by atoms with Crippen LogP contribution in [-0.2, 0) is 14.3 Å². The smallest absolute Gasteiger partial charge is 0.412 e. The first kappa shape index (κ1) is 27.3. The molecule has 0 aliphatic carbocycles. The first-order chi connectivity index (χ1) is 16.2. The molecule has 4 N–H and O–H groups in total. The molecular weight excluding hydrogens is 555 g/mol. The highest BCUT2D eigenvalue weighted by atomic mass is 127. The molecule has 2 amide bonds. The van der Waals surface area contributed by atoms with Gasteiger partial charge in [0.25, 0.3) is 5.91 Å². The average molecular weight is 582 g/mol. The molecule has 0 heterocycles. The maximum atomic E-state index is 12.7. The van der Waals surface area contributed by atoms with Crippen molar-refractivity contribution in [1.82, 2.24) is 5.48 Å². The van der Waals surface area contributed by atoms with Crippen LogP contribution in [0.25, 0.3) is 0 Å². The van der Waals surface area contributed by atoms with Gasteiger partial charge >= 0.3 is 6.09 Å². The Morgan fingerprint density at radius 2 is 1.85 bits per heavy atom. The molecule has 0 saturated heterocycles. The third-order valence-corrected chi connectivity index (χ3v) is 5.45. The van der Waals surface area contributed by atoms with E-state index in [2.05, 4.69) is 27.9 Å². The number of anilines is 1. The van der Waals surface area contributed by atoms with E-state index in [1.807, 2.05) is 0 Å². The Kier molecular flexibility index (Phi) is 11.0. The summed E-state index contributed by atoms with van der Waals surface area (Å²) >= 11 is 2.09. The number of carbonyl (C=O) groups excluding carboxylic acids is 3. The Hall–Kier alpha value is -2.96. The van der Waals surface area contributed by atoms with Gasteiger partial charge in [-0.1, -0.05) is 6.08 Å². The fourth-order valence-electron chi connectivity index (χ4n) is 3.17. The van der Waals surface area contributed by atoms with Crippen LogP contribution in [0, 0.1) is 3.57 Å². The lowest BCUT2D eigenvalue weighted by molar-refractivity contribution is -0.124. The molecule has 0 bridgehead atoms. The minimum absolute atomic E-state index is 0.0519. The van der Waals surface area contributed by atoms with E-state index in [-0.39, 0.29) is 11.5 Å². The van der Waals surface area contributed by atoms with Crippen molar-refractivity contribution in [2.45, 2.75) is 38.9 Å². The summed E-state index contributed by atoms with van der Waals surface area (Å²) in [5.74, 6) is -0.802. The number of Topliss-reactive ketones (excluding diaryl/α,β-unsaturated/α-hetero) is 1. The molecule has 2 atom stereocenters. The molecule has 182 valence electrons. The molecule has 2 rings (SSSR count). The quantitative estimate of drug-likeness (QED) is 0.0989. The molecule has 0 saturated carbocycles. The largest absolute Gasteiger partial charge is 0.508 e. The highest BCUT2D eigenvalue weighted by molar-refractivity contribution is 14.1. The summed E-state index contributed by atoms with van der Waals surface area (Å²) in [6.07, 6.45) is 1.13. The number of hydrogen-bond acceptors (Lipinski definition) is 7. The number of benzene rings is 2. The van der Waals surface area contributed by atoms with E-state index in [1.165, 1.54) is 24.5 Å². The van der Waals surface area contributed by atoms with Gasteiger partial charge in [-0.15, -0.1) is 0 Å². The molecule has 34 heavy (non-hydrogen) atoms. The first-order valence-corrected chi connectivity index (χ1v) is 11.6. The van der Waals surface area contributed by atoms with Crippen molar-refractivity contribution in [2.24, 2.45) is 0 Å². The van der Waals surface area contributed by atoms with E-state index < -0.39 is 24.2 Å². The first-order valence-electron chi connectivity index (χ1n) is 10.5. The van der Waals surface area contributed by atoms with Gasteiger partial charge in [-0.25, -0.2) is 10.3 Å². The zero-order valence-corrected chi connectivity index (χ0v) is 20.9. The van der Waals surface area contributed by atoms with Crippen molar-refractivity contribution in [2.75, 3.05) is 11.9 Å². The van der Waals surface area contributed by atoms with Crippen LogP contribution in [0.3, 0.4) is 0 Å². The Morgan fingerprint density at radius 1 is 1.15 bits per heavy atom. The molecule has 9 nitrogen and oxygen atoms in total. The number of halogens is 1. The number of allylic oxidation sites excluding steroid dienone is 1. The SMILES string of the molecule is CCO[C@@H](CC/C=C/C(=O)NO)[C@@H](OC(=O)Nc1ccc(C(C)=O)cc1)c1cc(I)ccc1O. The molecule has 2 aromatic carbocycles. The van der Waals surface area contributed by atoms with Crippen LogP contribution in [0.2, 0.25) is 0 Å². The van der Waals surface area contributed by atoms with E-state index in [1.54, 1.807) is 49.4 Å². The number of hydroxylamine groups is 1. The second kappa shape index (κ2) is 13.7. The second-order valence-corrected chi connectivity index (χ2v) is 8.48. The molecular formula is C24H27IN2O7. The van der Waals surface area contributed by atoms with Crippen LogP contribution >= 0.6 is 22.6 Å². The van der Waals surface area contributed by atoms with E-state index in [0.717, 1.165) is 3.57 Å². The lowest BCUT2D eigenvalue weighted by atomic mass is 9.99. The molecule has 0 radical (unpaired) electrons. The Labute approximate surface area is 211 Å². The van der Waals surface area contributed by atoms with Gasteiger partial charge in [0, 0.05) is 33.1 Å². The lowest BCUT2D eigenvalue weighted by Gasteiger charge is -2.28. The zero-order valence-electron chi connectivity index (χ0n) is 18.8. The number of ether oxygens (including phenoxy) is 2. The molecule has 0 aliphatic heterocycles. The normalized spacial score (nSPS) is 12.7. The van der Waals surface area contributed by atoms with Crippen molar-refractivity contribution in [1.29, 1.82) is 0 Å². The molecule has 0 unspecified atom stereocenters. The number of ketones is 1. The van der Waals surface area contributed by atoms with Gasteiger partial charge in [0.1, 0.15) is 5.75 Å². The van der Waals surface area contributed by atoms with E-state index in [9.17, 15) is 19.5 Å². The minimum Gasteiger partial charge on any atom is -0.508 e. The number of rotatable bonds is 11. The summed E-state index contributed by atoms with van der Waals surface area (Å²) in [5, 5.41) is 21.7. The van der Waals surface area contributed by atoms with Gasteiger partial charge in [0.15, 0.2) is 11.9 Å². The topological polar surface area (TPSA) is 134 Å². The summed E-state index contributed by atoms with van der Waals surface area (Å²) in [5.41, 5.74) is 2.84. The molecule has 0 fully saturated rings. The number of aromatic hydroxyl groups is 1. The van der Waals surface area contributed by atoms with Gasteiger partial charge in [-0.3, -0.25) is 20.1 Å². The van der Waals surface area contributed by atoms with Crippen molar-refractivity contribution >= 4 is 46.1 Å². The van der Waals surface area contributed by atoms with Crippen LogP contribution < -0.4 is 10.8 Å². The summed E-state index contributed by atoms with van der Waals surface area (Å²) < 4.78 is 12.4. The Bertz CT molecular complexity index is 1020. The number of amides is 2. The van der Waals surface area contributed by atoms with Crippen molar-refractivity contribution in [3.05, 3.63) is 69.3 Å². The van der Waals surface area contributed by atoms with Crippen molar-refractivity contribution < 1.29 is 34.2 Å². The fraction of sp³-hybridized carbons (Fsp3) is 0.292. The Balaban J connectivity index is 2.25. The molecule has 0 aliphatic rings. The summed E-state index contributed by atoms with van der Waals surface area (Å²) in [7, 11) is 0. The number of hydrogen-bond donors (Lipinski definition) is 4. The fourth-order valence-corrected chi connectivity index (χ4v) is 3.68. The van der Waals surface area contributed by atoms with E-state index in [0.29, 0.717) is 36.3 Å². The molecule has 2 aromatic rings. The lowest BCUT2D eigenvalue weighted by Crippen LogP contribution is -2.29. The van der Waals surface area contributed by atoms with Crippen LogP contribution in [0.1, 0.15) is 48.7 Å². The monoisotopic (exact) mass is 582 g/mol. The summed E-state index contributed by atoms with van der Waals surface area (Å²) in [6.45, 7) is 3.57. The van der Waals surface area contributed by atoms with Gasteiger partial charge in [0.05, 0.1) is 6.10 Å². The predicted molar refractivity (Wildman–Crippen MR) is 134 cm³/mol. The number of phenolic OH excluding ortho intramolecular Hbond substituents is 1. The number of carbonyl (C=O) groups is 3. The zero-order chi connectivity index (χ0) is 25.1. The van der Waals surface area contributed by atoms with Crippen LogP contribution in [0.15, 0.2) is 54.6 Å². The molecule has 0 aromatic heterocycles. The van der Waals surface area contributed by atoms with Crippen LogP contribution in [0.5, 0.6) is 5.75 Å². The standard InChI is InChI=1S/C24H27IN2O7/c1-3-33-21(6-4-5-7-22(30)27-32)23(19-14-17(25)10-13-20(19)29)34-24(31)26-18-11-8-16(9-12-18)15(2)28/h5,7-14,21,23,29,32H,3-4,6H2,1-2H3,(H,26,31)(H,27,30)/b7-5+/t21-,23-/m0/s1. The van der Waals surface area contributed by atoms with Crippen LogP contribution in [0.4, 0.5) is 10.5 Å². The van der Waals surface area contributed by atoms with Gasteiger partial charge in [-0.05, 0) is 91.7 Å². The summed E-state index contributed by atoms with van der Waals surface area (Å²) in [4.78, 5) is 35.4. The minimum atomic E-state index is -0.953. The van der Waals surface area contributed by atoms with Gasteiger partial charge in [-0.2, -0.15) is 0 Å². The average Bonchev–Trinajstić information content (AvgIpc) is 2.81. The van der Waals surface area contributed by atoms with Gasteiger partial charge in [0.2, 0.25) is 0 Å². The van der Waals surface area contributed by atoms with Crippen LogP contribution in [-0.4, -0.2) is 40.8 Å².